The number of hydrogen-bond donors (Lipinski definition) is 0. The molecule has 0 saturated carbocycles. The Kier molecular flexibility index (Phi) is 2.21. The van der Waals surface area contributed by atoms with Crippen LogP contribution < -0.4 is 0 Å². The van der Waals surface area contributed by atoms with E-state index in [0.29, 0.717) is 11.1 Å². The molecule has 0 unspecified atom stereocenters. The number of Topliss-reactive ketones (excluding diaryl/α,β-unsaturated/α-hetero) is 1. The zero-order chi connectivity index (χ0) is 7.56. The fourth-order valence-electron chi connectivity index (χ4n) is 0.532. The maximum Gasteiger partial charge on any atom is 0.263 e. The minimum absolute atomic E-state index is 0.146. The molecule has 1 aromatic heterocycles. The molecule has 0 atom stereocenters. The van der Waals surface area contributed by atoms with E-state index in [2.05, 4.69) is 20.9 Å². The van der Waals surface area contributed by atoms with E-state index in [9.17, 15) is 4.79 Å². The average molecular weight is 204 g/mol. The van der Waals surface area contributed by atoms with Crippen molar-refractivity contribution in [3.05, 3.63) is 17.8 Å². The third kappa shape index (κ3) is 1.44. The largest absolute Gasteiger partial charge is 0.438 e. The molecule has 1 heterocycles. The summed E-state index contributed by atoms with van der Waals surface area (Å²) in [5, 5.41) is 0.591. The number of halogens is 1. The van der Waals surface area contributed by atoms with E-state index in [-0.39, 0.29) is 11.7 Å². The van der Waals surface area contributed by atoms with Crippen LogP contribution in [0.25, 0.3) is 0 Å². The zero-order valence-electron chi connectivity index (χ0n) is 5.43. The van der Waals surface area contributed by atoms with Gasteiger partial charge < -0.3 is 4.42 Å². The first kappa shape index (κ1) is 7.47. The van der Waals surface area contributed by atoms with Gasteiger partial charge in [-0.1, -0.05) is 15.9 Å². The van der Waals surface area contributed by atoms with Crippen LogP contribution in [0.4, 0.5) is 0 Å². The molecule has 10 heavy (non-hydrogen) atoms. The Morgan fingerprint density at radius 1 is 1.90 bits per heavy atom. The van der Waals surface area contributed by atoms with Gasteiger partial charge in [-0.2, -0.15) is 0 Å². The molecule has 0 fully saturated rings. The van der Waals surface area contributed by atoms with Crippen molar-refractivity contribution in [3.8, 4) is 0 Å². The van der Waals surface area contributed by atoms with Crippen molar-refractivity contribution in [2.24, 2.45) is 0 Å². The molecule has 0 bridgehead atoms. The van der Waals surface area contributed by atoms with Gasteiger partial charge in [-0.05, 0) is 0 Å². The van der Waals surface area contributed by atoms with Crippen molar-refractivity contribution in [1.29, 1.82) is 0 Å². The van der Waals surface area contributed by atoms with E-state index in [1.165, 1.54) is 13.1 Å². The zero-order valence-corrected chi connectivity index (χ0v) is 7.01. The van der Waals surface area contributed by atoms with E-state index in [1.54, 1.807) is 0 Å². The minimum atomic E-state index is -0.146. The summed E-state index contributed by atoms with van der Waals surface area (Å²) in [6.45, 7) is 1.42. The van der Waals surface area contributed by atoms with Gasteiger partial charge in [-0.3, -0.25) is 4.79 Å². The molecule has 0 amide bonds. The molecule has 0 aliphatic carbocycles. The Morgan fingerprint density at radius 2 is 2.60 bits per heavy atom. The van der Waals surface area contributed by atoms with E-state index in [0.717, 1.165) is 0 Å². The molecule has 3 nitrogen and oxygen atoms in total. The van der Waals surface area contributed by atoms with Gasteiger partial charge in [0, 0.05) is 6.92 Å². The molecule has 0 aliphatic rings. The molecule has 0 aromatic carbocycles. The van der Waals surface area contributed by atoms with Crippen molar-refractivity contribution >= 4 is 21.7 Å². The van der Waals surface area contributed by atoms with Crippen molar-refractivity contribution in [2.75, 3.05) is 0 Å². The monoisotopic (exact) mass is 203 g/mol. The highest BCUT2D eigenvalue weighted by Crippen LogP contribution is 2.07. The van der Waals surface area contributed by atoms with Crippen molar-refractivity contribution < 1.29 is 9.21 Å². The van der Waals surface area contributed by atoms with E-state index in [4.69, 9.17) is 4.42 Å². The molecule has 0 spiro atoms. The lowest BCUT2D eigenvalue weighted by Crippen LogP contribution is -1.89. The number of alkyl halides is 1. The number of nitrogens with zero attached hydrogens (tertiary/aromatic N) is 1. The molecule has 0 aliphatic heterocycles. The highest BCUT2D eigenvalue weighted by atomic mass is 79.9. The first-order valence-corrected chi connectivity index (χ1v) is 3.88. The summed E-state index contributed by atoms with van der Waals surface area (Å²) in [4.78, 5) is 14.3. The Bertz CT molecular complexity index is 244. The molecule has 0 saturated heterocycles. The predicted molar refractivity (Wildman–Crippen MR) is 39.1 cm³/mol. The number of oxazole rings is 1. The molecular weight excluding hydrogens is 198 g/mol. The van der Waals surface area contributed by atoms with Crippen LogP contribution in [0, 0.1) is 0 Å². The van der Waals surface area contributed by atoms with Gasteiger partial charge in [0.1, 0.15) is 5.76 Å². The summed E-state index contributed by atoms with van der Waals surface area (Å²) in [6.07, 6.45) is 1.53. The van der Waals surface area contributed by atoms with Gasteiger partial charge in [0.2, 0.25) is 5.78 Å². The van der Waals surface area contributed by atoms with Crippen molar-refractivity contribution in [1.82, 2.24) is 4.98 Å². The molecule has 0 radical (unpaired) electrons. The Hall–Kier alpha value is -0.640. The lowest BCUT2D eigenvalue weighted by molar-refractivity contribution is 0.0979. The molecule has 0 N–H and O–H groups in total. The summed E-state index contributed by atoms with van der Waals surface area (Å²) in [6, 6.07) is 0. The second-order valence-corrected chi connectivity index (χ2v) is 2.38. The van der Waals surface area contributed by atoms with Crippen LogP contribution in [0.1, 0.15) is 23.4 Å². The van der Waals surface area contributed by atoms with E-state index < -0.39 is 0 Å². The highest BCUT2D eigenvalue weighted by molar-refractivity contribution is 9.08. The summed E-state index contributed by atoms with van der Waals surface area (Å²) < 4.78 is 4.99. The van der Waals surface area contributed by atoms with Gasteiger partial charge in [0.25, 0.3) is 5.89 Å². The summed E-state index contributed by atoms with van der Waals surface area (Å²) in [7, 11) is 0. The van der Waals surface area contributed by atoms with Crippen molar-refractivity contribution in [2.45, 2.75) is 12.3 Å². The Labute approximate surface area is 66.6 Å². The number of aromatic nitrogens is 1. The average Bonchev–Trinajstić information content (AvgIpc) is 2.34. The van der Waals surface area contributed by atoms with Gasteiger partial charge in [-0.15, -0.1) is 0 Å². The number of carbonyl (C=O) groups excluding carboxylic acids is 1. The summed E-state index contributed by atoms with van der Waals surface area (Å²) in [5.41, 5.74) is 0. The van der Waals surface area contributed by atoms with Gasteiger partial charge in [0.15, 0.2) is 0 Å². The third-order valence-electron chi connectivity index (χ3n) is 0.986. The topological polar surface area (TPSA) is 43.1 Å². The summed E-state index contributed by atoms with van der Waals surface area (Å²) in [5.74, 6) is 0.701. The first-order valence-electron chi connectivity index (χ1n) is 2.75. The third-order valence-corrected chi connectivity index (χ3v) is 1.54. The number of rotatable bonds is 2. The SMILES string of the molecule is CC(=O)c1ncc(CBr)o1. The summed E-state index contributed by atoms with van der Waals surface area (Å²) >= 11 is 3.17. The van der Waals surface area contributed by atoms with Crippen molar-refractivity contribution in [3.63, 3.8) is 0 Å². The van der Waals surface area contributed by atoms with Crippen LogP contribution >= 0.6 is 15.9 Å². The quantitative estimate of drug-likeness (QED) is 0.544. The molecule has 4 heteroatoms. The fraction of sp³-hybridized carbons (Fsp3) is 0.333. The van der Waals surface area contributed by atoms with Crippen LogP contribution in [0.15, 0.2) is 10.6 Å². The predicted octanol–water partition coefficient (Wildman–Crippen LogP) is 1.77. The standard InChI is InChI=1S/C6H6BrNO2/c1-4(9)6-8-3-5(2-7)10-6/h3H,2H2,1H3. The van der Waals surface area contributed by atoms with Crippen LogP contribution in [-0.4, -0.2) is 10.8 Å². The molecule has 1 aromatic rings. The highest BCUT2D eigenvalue weighted by Gasteiger charge is 2.05. The Balaban J connectivity index is 2.88. The van der Waals surface area contributed by atoms with Crippen LogP contribution in [0.3, 0.4) is 0 Å². The lowest BCUT2D eigenvalue weighted by atomic mass is 10.5. The number of hydrogen-bond acceptors (Lipinski definition) is 3. The smallest absolute Gasteiger partial charge is 0.263 e. The van der Waals surface area contributed by atoms with E-state index in [1.807, 2.05) is 0 Å². The van der Waals surface area contributed by atoms with Gasteiger partial charge >= 0.3 is 0 Å². The second kappa shape index (κ2) is 2.96. The first-order chi connectivity index (χ1) is 4.74. The normalized spacial score (nSPS) is 9.80. The van der Waals surface area contributed by atoms with Crippen LogP contribution in [-0.2, 0) is 5.33 Å². The van der Waals surface area contributed by atoms with E-state index >= 15 is 0 Å². The number of ketones is 1. The molecule has 1 rings (SSSR count). The fourth-order valence-corrected chi connectivity index (χ4v) is 0.791. The maximum absolute atomic E-state index is 10.6. The second-order valence-electron chi connectivity index (χ2n) is 1.82. The number of carbonyl (C=O) groups is 1. The van der Waals surface area contributed by atoms with Crippen LogP contribution in [0.2, 0.25) is 0 Å². The lowest BCUT2D eigenvalue weighted by Gasteiger charge is -1.83. The van der Waals surface area contributed by atoms with Crippen LogP contribution in [0.5, 0.6) is 0 Å². The maximum atomic E-state index is 10.6. The van der Waals surface area contributed by atoms with Gasteiger partial charge in [-0.25, -0.2) is 4.98 Å². The molecule has 54 valence electrons. The Morgan fingerprint density at radius 3 is 2.90 bits per heavy atom. The van der Waals surface area contributed by atoms with Gasteiger partial charge in [0.05, 0.1) is 11.5 Å². The minimum Gasteiger partial charge on any atom is -0.438 e. The molecular formula is C6H6BrNO2.